The summed E-state index contributed by atoms with van der Waals surface area (Å²) >= 11 is 7.70. The fourth-order valence-corrected chi connectivity index (χ4v) is 4.87. The van der Waals surface area contributed by atoms with E-state index in [0.29, 0.717) is 24.7 Å². The van der Waals surface area contributed by atoms with Gasteiger partial charge in [-0.3, -0.25) is 9.69 Å². The van der Waals surface area contributed by atoms with Crippen molar-refractivity contribution in [2.75, 3.05) is 40.0 Å². The van der Waals surface area contributed by atoms with Crippen molar-refractivity contribution in [3.63, 3.8) is 0 Å². The second kappa shape index (κ2) is 11.3. The minimum Gasteiger partial charge on any atom is -0.491 e. The first kappa shape index (κ1) is 24.0. The number of ether oxygens (including phenoxy) is 2. The molecular formula is C23H31ClN2O4S. The molecule has 0 aliphatic carbocycles. The quantitative estimate of drug-likeness (QED) is 0.579. The summed E-state index contributed by atoms with van der Waals surface area (Å²) in [4.78, 5) is 18.6. The molecule has 3 rings (SSSR count). The van der Waals surface area contributed by atoms with E-state index in [1.54, 1.807) is 30.6 Å². The van der Waals surface area contributed by atoms with E-state index >= 15 is 0 Å². The first-order valence-corrected chi connectivity index (χ1v) is 11.8. The molecule has 1 amide bonds. The molecule has 1 aromatic heterocycles. The van der Waals surface area contributed by atoms with Crippen molar-refractivity contribution in [2.45, 2.75) is 38.5 Å². The van der Waals surface area contributed by atoms with Crippen LogP contribution in [0.3, 0.4) is 0 Å². The van der Waals surface area contributed by atoms with Gasteiger partial charge in [0, 0.05) is 36.1 Å². The minimum atomic E-state index is -0.630. The van der Waals surface area contributed by atoms with E-state index in [4.69, 9.17) is 21.1 Å². The standard InChI is InChI=1S/C23H31ClN2O4S/c1-16(2)25(12-18(27)14-29-3)13-23(28)26-10-8-22-20(9-11-31-22)21(26)15-30-19-6-4-17(24)5-7-19/h4-7,9,11,16,18,21,27H,8,10,12-15H2,1-3H3. The fraction of sp³-hybridized carbons (Fsp3) is 0.522. The molecule has 1 aliphatic rings. The van der Waals surface area contributed by atoms with Crippen molar-refractivity contribution in [3.8, 4) is 5.75 Å². The highest BCUT2D eigenvalue weighted by Crippen LogP contribution is 2.34. The fourth-order valence-electron chi connectivity index (χ4n) is 3.82. The van der Waals surface area contributed by atoms with Crippen LogP contribution in [0.15, 0.2) is 35.7 Å². The maximum atomic E-state index is 13.4. The van der Waals surface area contributed by atoms with Gasteiger partial charge in [0.25, 0.3) is 0 Å². The second-order valence-electron chi connectivity index (χ2n) is 8.05. The van der Waals surface area contributed by atoms with E-state index in [0.717, 1.165) is 17.7 Å². The third-order valence-corrected chi connectivity index (χ3v) is 6.76. The number of hydrogen-bond acceptors (Lipinski definition) is 6. The monoisotopic (exact) mass is 466 g/mol. The highest BCUT2D eigenvalue weighted by Gasteiger charge is 2.33. The van der Waals surface area contributed by atoms with Crippen molar-refractivity contribution in [2.24, 2.45) is 0 Å². The number of rotatable bonds is 10. The summed E-state index contributed by atoms with van der Waals surface area (Å²) < 4.78 is 11.1. The molecule has 6 nitrogen and oxygen atoms in total. The molecule has 2 unspecified atom stereocenters. The Bertz CT molecular complexity index is 842. The van der Waals surface area contributed by atoms with E-state index in [-0.39, 0.29) is 31.1 Å². The largest absolute Gasteiger partial charge is 0.491 e. The zero-order valence-corrected chi connectivity index (χ0v) is 19.9. The Morgan fingerprint density at radius 2 is 2.06 bits per heavy atom. The molecule has 8 heteroatoms. The maximum absolute atomic E-state index is 13.4. The predicted molar refractivity (Wildman–Crippen MR) is 124 cm³/mol. The highest BCUT2D eigenvalue weighted by atomic mass is 35.5. The molecule has 0 spiro atoms. The molecule has 31 heavy (non-hydrogen) atoms. The maximum Gasteiger partial charge on any atom is 0.237 e. The number of methoxy groups -OCH3 is 1. The van der Waals surface area contributed by atoms with Gasteiger partial charge in [0.15, 0.2) is 0 Å². The molecule has 0 bridgehead atoms. The average molecular weight is 467 g/mol. The van der Waals surface area contributed by atoms with Gasteiger partial charge in [0.2, 0.25) is 5.91 Å². The summed E-state index contributed by atoms with van der Waals surface area (Å²) in [6.45, 7) is 5.98. The minimum absolute atomic E-state index is 0.0415. The summed E-state index contributed by atoms with van der Waals surface area (Å²) in [7, 11) is 1.56. The predicted octanol–water partition coefficient (Wildman–Crippen LogP) is 3.62. The molecule has 2 heterocycles. The van der Waals surface area contributed by atoms with Gasteiger partial charge >= 0.3 is 0 Å². The van der Waals surface area contributed by atoms with Crippen molar-refractivity contribution in [1.82, 2.24) is 9.80 Å². The first-order chi connectivity index (χ1) is 14.9. The number of carbonyl (C=O) groups excluding carboxylic acids is 1. The van der Waals surface area contributed by atoms with Crippen LogP contribution in [0.4, 0.5) is 0 Å². The first-order valence-electron chi connectivity index (χ1n) is 10.5. The second-order valence-corrected chi connectivity index (χ2v) is 9.49. The number of carbonyl (C=O) groups is 1. The molecule has 2 aromatic rings. The SMILES string of the molecule is COCC(O)CN(CC(=O)N1CCc2sccc2C1COc1ccc(Cl)cc1)C(C)C. The normalized spacial score (nSPS) is 17.1. The van der Waals surface area contributed by atoms with Crippen LogP contribution in [0.5, 0.6) is 5.75 Å². The van der Waals surface area contributed by atoms with Crippen LogP contribution in [0, 0.1) is 0 Å². The zero-order valence-electron chi connectivity index (χ0n) is 18.3. The van der Waals surface area contributed by atoms with E-state index < -0.39 is 6.10 Å². The Balaban J connectivity index is 1.72. The summed E-state index contributed by atoms with van der Waals surface area (Å²) in [6.07, 6.45) is 0.221. The van der Waals surface area contributed by atoms with Gasteiger partial charge in [-0.15, -0.1) is 11.3 Å². The molecule has 0 saturated carbocycles. The van der Waals surface area contributed by atoms with Crippen LogP contribution in [0.25, 0.3) is 0 Å². The molecule has 0 saturated heterocycles. The summed E-state index contributed by atoms with van der Waals surface area (Å²) in [5.41, 5.74) is 1.16. The molecule has 2 atom stereocenters. The third kappa shape index (κ3) is 6.43. The van der Waals surface area contributed by atoms with E-state index in [2.05, 4.69) is 11.4 Å². The summed E-state index contributed by atoms with van der Waals surface area (Å²) in [5, 5.41) is 12.9. The van der Waals surface area contributed by atoms with Gasteiger partial charge in [-0.25, -0.2) is 0 Å². The smallest absolute Gasteiger partial charge is 0.237 e. The number of thiophene rings is 1. The zero-order chi connectivity index (χ0) is 22.4. The third-order valence-electron chi connectivity index (χ3n) is 5.51. The summed E-state index contributed by atoms with van der Waals surface area (Å²) in [6, 6.07) is 9.34. The molecule has 0 radical (unpaired) electrons. The van der Waals surface area contributed by atoms with E-state index in [1.165, 1.54) is 4.88 Å². The molecule has 1 aliphatic heterocycles. The van der Waals surface area contributed by atoms with Crippen molar-refractivity contribution < 1.29 is 19.4 Å². The topological polar surface area (TPSA) is 62.2 Å². The highest BCUT2D eigenvalue weighted by molar-refractivity contribution is 7.10. The molecular weight excluding hydrogens is 436 g/mol. The van der Waals surface area contributed by atoms with Gasteiger partial charge in [-0.2, -0.15) is 0 Å². The Morgan fingerprint density at radius 3 is 2.74 bits per heavy atom. The van der Waals surface area contributed by atoms with Crippen LogP contribution >= 0.6 is 22.9 Å². The average Bonchev–Trinajstić information content (AvgIpc) is 3.21. The Morgan fingerprint density at radius 1 is 1.32 bits per heavy atom. The van der Waals surface area contributed by atoms with Crippen LogP contribution < -0.4 is 4.74 Å². The number of halogens is 1. The van der Waals surface area contributed by atoms with Gasteiger partial charge in [0.05, 0.1) is 25.3 Å². The number of fused-ring (bicyclic) bond motifs is 1. The molecule has 170 valence electrons. The number of aliphatic hydroxyl groups is 1. The Hall–Kier alpha value is -1.64. The van der Waals surface area contributed by atoms with Gasteiger partial charge in [-0.05, 0) is 61.5 Å². The number of amides is 1. The number of aliphatic hydroxyl groups excluding tert-OH is 1. The summed E-state index contributed by atoms with van der Waals surface area (Å²) in [5.74, 6) is 0.769. The molecule has 0 fully saturated rings. The van der Waals surface area contributed by atoms with Crippen molar-refractivity contribution in [1.29, 1.82) is 0 Å². The lowest BCUT2D eigenvalue weighted by molar-refractivity contribution is -0.137. The number of nitrogens with zero attached hydrogens (tertiary/aromatic N) is 2. The lowest BCUT2D eigenvalue weighted by Crippen LogP contribution is -2.49. The van der Waals surface area contributed by atoms with E-state index in [1.807, 2.05) is 35.8 Å². The lowest BCUT2D eigenvalue weighted by atomic mass is 10.00. The molecule has 1 aromatic carbocycles. The van der Waals surface area contributed by atoms with Crippen molar-refractivity contribution in [3.05, 3.63) is 51.2 Å². The van der Waals surface area contributed by atoms with Crippen LogP contribution in [-0.4, -0.2) is 72.9 Å². The van der Waals surface area contributed by atoms with Crippen molar-refractivity contribution >= 4 is 28.8 Å². The lowest BCUT2D eigenvalue weighted by Gasteiger charge is -2.38. The number of hydrogen-bond donors (Lipinski definition) is 1. The van der Waals surface area contributed by atoms with E-state index in [9.17, 15) is 9.90 Å². The Labute approximate surface area is 193 Å². The molecule has 1 N–H and O–H groups in total. The van der Waals surface area contributed by atoms with Gasteiger partial charge < -0.3 is 19.5 Å². The number of benzene rings is 1. The van der Waals surface area contributed by atoms with Gasteiger partial charge in [0.1, 0.15) is 12.4 Å². The van der Waals surface area contributed by atoms with Crippen LogP contribution in [0.1, 0.15) is 30.3 Å². The Kier molecular flexibility index (Phi) is 8.75. The van der Waals surface area contributed by atoms with Crippen LogP contribution in [0.2, 0.25) is 5.02 Å². The van der Waals surface area contributed by atoms with Crippen LogP contribution in [-0.2, 0) is 16.0 Å². The van der Waals surface area contributed by atoms with Gasteiger partial charge in [-0.1, -0.05) is 11.6 Å².